The van der Waals surface area contributed by atoms with Crippen LogP contribution >= 0.6 is 11.8 Å². The summed E-state index contributed by atoms with van der Waals surface area (Å²) in [6, 6.07) is 0.343. The number of nitrogens with one attached hydrogen (secondary N) is 1. The van der Waals surface area contributed by atoms with E-state index in [1.807, 2.05) is 11.8 Å². The molecule has 1 heterocycles. The fourth-order valence-electron chi connectivity index (χ4n) is 1.67. The summed E-state index contributed by atoms with van der Waals surface area (Å²) in [6.45, 7) is 4.92. The molecule has 0 saturated carbocycles. The third-order valence-electron chi connectivity index (χ3n) is 2.83. The van der Waals surface area contributed by atoms with Crippen LogP contribution in [0.25, 0.3) is 0 Å². The third kappa shape index (κ3) is 6.36. The molecule has 0 aliphatic carbocycles. The van der Waals surface area contributed by atoms with Crippen molar-refractivity contribution in [3.05, 3.63) is 22.5 Å². The third-order valence-corrected chi connectivity index (χ3v) is 3.76. The molecule has 1 rings (SSSR count). The van der Waals surface area contributed by atoms with Gasteiger partial charge in [-0.1, -0.05) is 6.92 Å². The van der Waals surface area contributed by atoms with E-state index in [-0.39, 0.29) is 12.2 Å². The number of hydrogen-bond acceptors (Lipinski definition) is 6. The Balaban J connectivity index is 2.25. The van der Waals surface area contributed by atoms with Crippen LogP contribution in [0.5, 0.6) is 0 Å². The molecule has 0 aromatic carbocycles. The van der Waals surface area contributed by atoms with Crippen molar-refractivity contribution in [2.75, 3.05) is 18.1 Å². The molecule has 1 aromatic rings. The van der Waals surface area contributed by atoms with E-state index in [1.165, 1.54) is 17.1 Å². The van der Waals surface area contributed by atoms with Gasteiger partial charge in [0, 0.05) is 12.6 Å². The van der Waals surface area contributed by atoms with Gasteiger partial charge in [0.15, 0.2) is 0 Å². The molecule has 0 saturated heterocycles. The molecule has 0 bridgehead atoms. The van der Waals surface area contributed by atoms with Gasteiger partial charge < -0.3 is 10.4 Å². The molecule has 0 radical (unpaired) electrons. The minimum Gasteiger partial charge on any atom is -0.390 e. The standard InChI is InChI=1S/C12H22N4O3S/c1-3-20-5-4-10(2)13-7-12(17)9-15-8-11(6-14-15)16(18)19/h6,8,10,12-13,17H,3-5,7,9H2,1-2H3. The Hall–Kier alpha value is -1.12. The van der Waals surface area contributed by atoms with Gasteiger partial charge in [0.1, 0.15) is 12.4 Å². The maximum absolute atomic E-state index is 10.5. The van der Waals surface area contributed by atoms with Gasteiger partial charge >= 0.3 is 5.69 Å². The highest BCUT2D eigenvalue weighted by molar-refractivity contribution is 7.99. The van der Waals surface area contributed by atoms with Crippen molar-refractivity contribution >= 4 is 17.4 Å². The average Bonchev–Trinajstić information content (AvgIpc) is 2.85. The van der Waals surface area contributed by atoms with Crippen molar-refractivity contribution in [2.45, 2.75) is 39.0 Å². The fraction of sp³-hybridized carbons (Fsp3) is 0.750. The molecule has 0 amide bonds. The summed E-state index contributed by atoms with van der Waals surface area (Å²) >= 11 is 1.90. The Kier molecular flexibility index (Phi) is 7.56. The van der Waals surface area contributed by atoms with Crippen LogP contribution in [0.4, 0.5) is 5.69 Å². The summed E-state index contributed by atoms with van der Waals surface area (Å²) in [6.07, 6.45) is 2.95. The van der Waals surface area contributed by atoms with Crippen molar-refractivity contribution in [1.82, 2.24) is 15.1 Å². The second-order valence-electron chi connectivity index (χ2n) is 4.63. The van der Waals surface area contributed by atoms with Crippen molar-refractivity contribution in [1.29, 1.82) is 0 Å². The normalized spacial score (nSPS) is 14.2. The van der Waals surface area contributed by atoms with Gasteiger partial charge in [0.25, 0.3) is 0 Å². The Morgan fingerprint density at radius 2 is 2.40 bits per heavy atom. The quantitative estimate of drug-likeness (QED) is 0.384. The smallest absolute Gasteiger partial charge is 0.306 e. The van der Waals surface area contributed by atoms with E-state index in [1.54, 1.807) is 0 Å². The van der Waals surface area contributed by atoms with Crippen LogP contribution in [0.2, 0.25) is 0 Å². The van der Waals surface area contributed by atoms with E-state index in [4.69, 9.17) is 0 Å². The number of aromatic nitrogens is 2. The van der Waals surface area contributed by atoms with Crippen LogP contribution in [-0.4, -0.2) is 50.0 Å². The molecule has 0 aliphatic heterocycles. The van der Waals surface area contributed by atoms with E-state index in [0.29, 0.717) is 12.6 Å². The number of aliphatic hydroxyl groups excluding tert-OH is 1. The lowest BCUT2D eigenvalue weighted by atomic mass is 10.2. The van der Waals surface area contributed by atoms with Crippen LogP contribution in [0.3, 0.4) is 0 Å². The Morgan fingerprint density at radius 1 is 1.65 bits per heavy atom. The van der Waals surface area contributed by atoms with Crippen molar-refractivity contribution in [3.63, 3.8) is 0 Å². The Labute approximate surface area is 122 Å². The maximum atomic E-state index is 10.5. The maximum Gasteiger partial charge on any atom is 0.306 e. The second-order valence-corrected chi connectivity index (χ2v) is 6.02. The molecule has 0 spiro atoms. The molecule has 0 aliphatic rings. The first kappa shape index (κ1) is 16.9. The van der Waals surface area contributed by atoms with Gasteiger partial charge in [0.05, 0.1) is 17.6 Å². The molecule has 0 fully saturated rings. The fourth-order valence-corrected chi connectivity index (χ4v) is 2.48. The molecule has 114 valence electrons. The summed E-state index contributed by atoms with van der Waals surface area (Å²) in [4.78, 5) is 10.0. The van der Waals surface area contributed by atoms with Gasteiger partial charge in [-0.25, -0.2) is 0 Å². The number of rotatable bonds is 10. The van der Waals surface area contributed by atoms with Crippen molar-refractivity contribution < 1.29 is 10.0 Å². The minimum absolute atomic E-state index is 0.0601. The van der Waals surface area contributed by atoms with Gasteiger partial charge in [-0.05, 0) is 24.9 Å². The van der Waals surface area contributed by atoms with Gasteiger partial charge in [-0.2, -0.15) is 16.9 Å². The molecule has 2 unspecified atom stereocenters. The lowest BCUT2D eigenvalue weighted by Gasteiger charge is -2.16. The zero-order valence-electron chi connectivity index (χ0n) is 11.9. The molecule has 20 heavy (non-hydrogen) atoms. The van der Waals surface area contributed by atoms with E-state index in [9.17, 15) is 15.2 Å². The van der Waals surface area contributed by atoms with E-state index in [2.05, 4.69) is 24.3 Å². The summed E-state index contributed by atoms with van der Waals surface area (Å²) < 4.78 is 1.39. The zero-order chi connectivity index (χ0) is 15.0. The van der Waals surface area contributed by atoms with Crippen LogP contribution < -0.4 is 5.32 Å². The second kappa shape index (κ2) is 8.93. The summed E-state index contributed by atoms with van der Waals surface area (Å²) in [5.74, 6) is 2.22. The van der Waals surface area contributed by atoms with Crippen molar-refractivity contribution in [3.8, 4) is 0 Å². The first-order valence-corrected chi connectivity index (χ1v) is 7.84. The molecule has 8 heteroatoms. The first-order valence-electron chi connectivity index (χ1n) is 6.69. The van der Waals surface area contributed by atoms with E-state index >= 15 is 0 Å². The van der Waals surface area contributed by atoms with E-state index in [0.717, 1.165) is 17.9 Å². The van der Waals surface area contributed by atoms with Gasteiger partial charge in [-0.3, -0.25) is 14.8 Å². The summed E-state index contributed by atoms with van der Waals surface area (Å²) in [5.41, 5.74) is -0.0601. The van der Waals surface area contributed by atoms with E-state index < -0.39 is 11.0 Å². The predicted molar refractivity (Wildman–Crippen MR) is 80.0 cm³/mol. The molecule has 7 nitrogen and oxygen atoms in total. The number of nitro groups is 1. The van der Waals surface area contributed by atoms with Crippen LogP contribution in [0, 0.1) is 10.1 Å². The lowest BCUT2D eigenvalue weighted by molar-refractivity contribution is -0.385. The first-order chi connectivity index (χ1) is 9.52. The van der Waals surface area contributed by atoms with Gasteiger partial charge in [0.2, 0.25) is 0 Å². The Morgan fingerprint density at radius 3 is 3.00 bits per heavy atom. The highest BCUT2D eigenvalue weighted by Crippen LogP contribution is 2.08. The average molecular weight is 302 g/mol. The molecule has 2 atom stereocenters. The van der Waals surface area contributed by atoms with Crippen LogP contribution in [0.15, 0.2) is 12.4 Å². The number of aliphatic hydroxyl groups is 1. The molecule has 1 aromatic heterocycles. The van der Waals surface area contributed by atoms with Crippen LogP contribution in [0.1, 0.15) is 20.3 Å². The monoisotopic (exact) mass is 302 g/mol. The highest BCUT2D eigenvalue weighted by atomic mass is 32.2. The summed E-state index contributed by atoms with van der Waals surface area (Å²) in [7, 11) is 0. The molecule has 2 N–H and O–H groups in total. The zero-order valence-corrected chi connectivity index (χ0v) is 12.7. The lowest BCUT2D eigenvalue weighted by Crippen LogP contribution is -2.36. The summed E-state index contributed by atoms with van der Waals surface area (Å²) in [5, 5.41) is 27.5. The number of nitrogens with zero attached hydrogens (tertiary/aromatic N) is 3. The van der Waals surface area contributed by atoms with Gasteiger partial charge in [-0.15, -0.1) is 0 Å². The van der Waals surface area contributed by atoms with Crippen LogP contribution in [-0.2, 0) is 6.54 Å². The molecular formula is C12H22N4O3S. The highest BCUT2D eigenvalue weighted by Gasteiger charge is 2.12. The SMILES string of the molecule is CCSCCC(C)NCC(O)Cn1cc([N+](=O)[O-])cn1. The van der Waals surface area contributed by atoms with Crippen molar-refractivity contribution in [2.24, 2.45) is 0 Å². The largest absolute Gasteiger partial charge is 0.390 e. The Bertz CT molecular complexity index is 413. The minimum atomic E-state index is -0.615. The topological polar surface area (TPSA) is 93.2 Å². The number of thioether (sulfide) groups is 1. The number of hydrogen-bond donors (Lipinski definition) is 2. The molecular weight excluding hydrogens is 280 g/mol. The predicted octanol–water partition coefficient (Wildman–Crippen LogP) is 1.27.